The number of rotatable bonds is 2. The average molecular weight is 171 g/mol. The van der Waals surface area contributed by atoms with Gasteiger partial charge in [-0.15, -0.1) is 0 Å². The number of carbonyl (C=O) groups excluding carboxylic acids is 1. The van der Waals surface area contributed by atoms with Crippen LogP contribution in [-0.2, 0) is 14.3 Å². The van der Waals surface area contributed by atoms with Gasteiger partial charge in [0.25, 0.3) is 0 Å². The Morgan fingerprint density at radius 2 is 2.50 bits per heavy atom. The monoisotopic (exact) mass is 171 g/mol. The molecule has 4 nitrogen and oxygen atoms in total. The number of esters is 1. The maximum absolute atomic E-state index is 10.8. The number of ether oxygens (including phenoxy) is 2. The second-order valence-electron chi connectivity index (χ2n) is 2.59. The summed E-state index contributed by atoms with van der Waals surface area (Å²) in [4.78, 5) is 10.8. The number of hydrogen-bond acceptors (Lipinski definition) is 4. The van der Waals surface area contributed by atoms with Gasteiger partial charge in [0.05, 0.1) is 6.61 Å². The summed E-state index contributed by atoms with van der Waals surface area (Å²) in [6, 6.07) is -0.0819. The first kappa shape index (κ1) is 9.22. The Kier molecular flexibility index (Phi) is 3.25. The van der Waals surface area contributed by atoms with E-state index in [-0.39, 0.29) is 12.0 Å². The summed E-state index contributed by atoms with van der Waals surface area (Å²) in [7, 11) is 0. The normalized spacial score (nSPS) is 28.5. The maximum atomic E-state index is 10.8. The molecule has 0 aromatic heterocycles. The largest absolute Gasteiger partial charge is 0.432 e. The molecule has 4 heteroatoms. The van der Waals surface area contributed by atoms with Crippen LogP contribution in [0.2, 0.25) is 0 Å². The highest BCUT2D eigenvalue weighted by Crippen LogP contribution is 2.06. The first-order valence-electron chi connectivity index (χ1n) is 3.97. The van der Waals surface area contributed by atoms with E-state index in [0.29, 0.717) is 13.0 Å². The van der Waals surface area contributed by atoms with Crippen molar-refractivity contribution in [1.82, 2.24) is 0 Å². The molecule has 0 spiro atoms. The molecule has 0 amide bonds. The topological polar surface area (TPSA) is 61.5 Å². The molecule has 1 aliphatic rings. The SMILES string of the molecule is CCC(=O)OC1C=C[C@@H](N)CO1. The van der Waals surface area contributed by atoms with Gasteiger partial charge in [-0.1, -0.05) is 13.0 Å². The third kappa shape index (κ3) is 2.64. The molecular formula is C8H13NO3. The Hall–Kier alpha value is -0.870. The molecule has 2 atom stereocenters. The van der Waals surface area contributed by atoms with Gasteiger partial charge in [0.15, 0.2) is 0 Å². The summed E-state index contributed by atoms with van der Waals surface area (Å²) in [5.41, 5.74) is 5.51. The van der Waals surface area contributed by atoms with Crippen LogP contribution in [0, 0.1) is 0 Å². The lowest BCUT2D eigenvalue weighted by molar-refractivity contribution is -0.170. The van der Waals surface area contributed by atoms with Crippen molar-refractivity contribution in [3.05, 3.63) is 12.2 Å². The van der Waals surface area contributed by atoms with Crippen LogP contribution in [0.1, 0.15) is 13.3 Å². The van der Waals surface area contributed by atoms with Crippen molar-refractivity contribution < 1.29 is 14.3 Å². The van der Waals surface area contributed by atoms with E-state index in [1.807, 2.05) is 0 Å². The van der Waals surface area contributed by atoms with Gasteiger partial charge in [-0.2, -0.15) is 0 Å². The van der Waals surface area contributed by atoms with Gasteiger partial charge < -0.3 is 15.2 Å². The van der Waals surface area contributed by atoms with Crippen molar-refractivity contribution in [2.75, 3.05) is 6.61 Å². The zero-order valence-electron chi connectivity index (χ0n) is 7.03. The Bertz CT molecular complexity index is 191. The van der Waals surface area contributed by atoms with E-state index in [1.165, 1.54) is 0 Å². The number of carbonyl (C=O) groups is 1. The standard InChI is InChI=1S/C8H13NO3/c1-2-7(10)12-8-4-3-6(9)5-11-8/h3-4,6,8H,2,5,9H2,1H3/t6-,8?/m1/s1. The van der Waals surface area contributed by atoms with E-state index in [2.05, 4.69) is 0 Å². The van der Waals surface area contributed by atoms with E-state index in [1.54, 1.807) is 19.1 Å². The van der Waals surface area contributed by atoms with Crippen molar-refractivity contribution in [2.45, 2.75) is 25.7 Å². The van der Waals surface area contributed by atoms with Gasteiger partial charge in [0, 0.05) is 12.5 Å². The van der Waals surface area contributed by atoms with Crippen LogP contribution in [0.4, 0.5) is 0 Å². The quantitative estimate of drug-likeness (QED) is 0.475. The highest BCUT2D eigenvalue weighted by Gasteiger charge is 2.15. The fourth-order valence-corrected chi connectivity index (χ4v) is 0.837. The maximum Gasteiger partial charge on any atom is 0.308 e. The zero-order valence-corrected chi connectivity index (χ0v) is 7.03. The summed E-state index contributed by atoms with van der Waals surface area (Å²) in [5.74, 6) is -0.264. The van der Waals surface area contributed by atoms with Crippen LogP contribution in [0.5, 0.6) is 0 Å². The third-order valence-electron chi connectivity index (χ3n) is 1.50. The lowest BCUT2D eigenvalue weighted by Gasteiger charge is -2.20. The Labute approximate surface area is 71.3 Å². The molecule has 1 aliphatic heterocycles. The second-order valence-corrected chi connectivity index (χ2v) is 2.59. The molecule has 1 rings (SSSR count). The molecule has 0 aromatic rings. The fraction of sp³-hybridized carbons (Fsp3) is 0.625. The molecule has 1 heterocycles. The highest BCUT2D eigenvalue weighted by atomic mass is 16.7. The van der Waals surface area contributed by atoms with E-state index in [9.17, 15) is 4.79 Å². The van der Waals surface area contributed by atoms with Crippen molar-refractivity contribution in [3.8, 4) is 0 Å². The van der Waals surface area contributed by atoms with Crippen LogP contribution in [0.15, 0.2) is 12.2 Å². The van der Waals surface area contributed by atoms with Crippen LogP contribution < -0.4 is 5.73 Å². The van der Waals surface area contributed by atoms with Gasteiger partial charge in [-0.05, 0) is 6.08 Å². The van der Waals surface area contributed by atoms with Gasteiger partial charge in [-0.3, -0.25) is 4.79 Å². The predicted molar refractivity (Wildman–Crippen MR) is 43.2 cm³/mol. The smallest absolute Gasteiger partial charge is 0.308 e. The minimum atomic E-state index is -0.544. The molecule has 0 bridgehead atoms. The van der Waals surface area contributed by atoms with Crippen LogP contribution in [0.25, 0.3) is 0 Å². The van der Waals surface area contributed by atoms with E-state index in [4.69, 9.17) is 15.2 Å². The zero-order chi connectivity index (χ0) is 8.97. The number of nitrogens with two attached hydrogens (primary N) is 1. The van der Waals surface area contributed by atoms with Gasteiger partial charge in [0.2, 0.25) is 6.29 Å². The molecule has 0 aliphatic carbocycles. The molecule has 0 saturated heterocycles. The van der Waals surface area contributed by atoms with Gasteiger partial charge in [-0.25, -0.2) is 0 Å². The second kappa shape index (κ2) is 4.23. The Balaban J connectivity index is 2.35. The summed E-state index contributed by atoms with van der Waals surface area (Å²) in [6.45, 7) is 2.14. The molecule has 0 fully saturated rings. The Morgan fingerprint density at radius 1 is 1.75 bits per heavy atom. The average Bonchev–Trinajstić information content (AvgIpc) is 2.09. The highest BCUT2D eigenvalue weighted by molar-refractivity contribution is 5.69. The molecule has 1 unspecified atom stereocenters. The lowest BCUT2D eigenvalue weighted by Crippen LogP contribution is -2.33. The summed E-state index contributed by atoms with van der Waals surface area (Å²) >= 11 is 0. The van der Waals surface area contributed by atoms with Crippen molar-refractivity contribution in [2.24, 2.45) is 5.73 Å². The van der Waals surface area contributed by atoms with E-state index in [0.717, 1.165) is 0 Å². The van der Waals surface area contributed by atoms with Crippen LogP contribution in [-0.4, -0.2) is 24.9 Å². The number of hydrogen-bond donors (Lipinski definition) is 1. The molecule has 0 saturated carbocycles. The molecule has 12 heavy (non-hydrogen) atoms. The lowest BCUT2D eigenvalue weighted by atomic mass is 10.2. The predicted octanol–water partition coefficient (Wildman–Crippen LogP) is 0.179. The van der Waals surface area contributed by atoms with E-state index < -0.39 is 6.29 Å². The fourth-order valence-electron chi connectivity index (χ4n) is 0.837. The van der Waals surface area contributed by atoms with Crippen LogP contribution in [0.3, 0.4) is 0 Å². The minimum Gasteiger partial charge on any atom is -0.432 e. The molecule has 2 N–H and O–H groups in total. The third-order valence-corrected chi connectivity index (χ3v) is 1.50. The van der Waals surface area contributed by atoms with E-state index >= 15 is 0 Å². The van der Waals surface area contributed by atoms with Crippen molar-refractivity contribution >= 4 is 5.97 Å². The van der Waals surface area contributed by atoms with Crippen LogP contribution >= 0.6 is 0 Å². The van der Waals surface area contributed by atoms with Gasteiger partial charge >= 0.3 is 5.97 Å². The summed E-state index contributed by atoms with van der Waals surface area (Å²) in [5, 5.41) is 0. The van der Waals surface area contributed by atoms with Crippen molar-refractivity contribution in [3.63, 3.8) is 0 Å². The minimum absolute atomic E-state index is 0.0819. The van der Waals surface area contributed by atoms with Crippen molar-refractivity contribution in [1.29, 1.82) is 0 Å². The molecular weight excluding hydrogens is 158 g/mol. The Morgan fingerprint density at radius 3 is 3.00 bits per heavy atom. The molecule has 0 radical (unpaired) electrons. The molecule has 68 valence electrons. The first-order chi connectivity index (χ1) is 5.72. The summed E-state index contributed by atoms with van der Waals surface area (Å²) < 4.78 is 9.99. The molecule has 0 aromatic carbocycles. The first-order valence-corrected chi connectivity index (χ1v) is 3.97. The van der Waals surface area contributed by atoms with Gasteiger partial charge in [0.1, 0.15) is 0 Å². The summed E-state index contributed by atoms with van der Waals surface area (Å²) in [6.07, 6.45) is 3.25.